The lowest BCUT2D eigenvalue weighted by atomic mass is 10.1. The van der Waals surface area contributed by atoms with Crippen LogP contribution in [0.25, 0.3) is 0 Å². The van der Waals surface area contributed by atoms with Gasteiger partial charge in [-0.15, -0.1) is 12.4 Å². The highest BCUT2D eigenvalue weighted by atomic mass is 35.5. The number of methoxy groups -OCH3 is 1. The first-order valence-corrected chi connectivity index (χ1v) is 3.79. The maximum absolute atomic E-state index is 11.1. The highest BCUT2D eigenvalue weighted by Crippen LogP contribution is 2.18. The van der Waals surface area contributed by atoms with Gasteiger partial charge in [0.05, 0.1) is 7.11 Å². The molecule has 0 aliphatic heterocycles. The van der Waals surface area contributed by atoms with Crippen LogP contribution in [-0.4, -0.2) is 18.2 Å². The minimum Gasteiger partial charge on any atom is -0.507 e. The summed E-state index contributed by atoms with van der Waals surface area (Å²) in [5.74, 6) is -0.656. The van der Waals surface area contributed by atoms with Crippen LogP contribution in [0, 0.1) is 0 Å². The third kappa shape index (κ3) is 2.61. The Kier molecular flexibility index (Phi) is 4.97. The average Bonchev–Trinajstić information content (AvgIpc) is 2.17. The Bertz CT molecular complexity index is 328. The van der Waals surface area contributed by atoms with E-state index in [0.717, 1.165) is 5.56 Å². The zero-order chi connectivity index (χ0) is 9.84. The highest BCUT2D eigenvalue weighted by molar-refractivity contribution is 5.92. The van der Waals surface area contributed by atoms with Crippen molar-refractivity contribution >= 4 is 18.4 Å². The number of phenols is 1. The van der Waals surface area contributed by atoms with E-state index in [1.54, 1.807) is 6.07 Å². The molecule has 1 aromatic rings. The molecule has 0 bridgehead atoms. The standard InChI is InChI=1S/C9H11NO3.ClH/c1-13-9(12)7-4-6(5-10)2-3-8(7)11;/h2-4,11H,5,10H2,1H3;1H. The van der Waals surface area contributed by atoms with Gasteiger partial charge in [-0.2, -0.15) is 0 Å². The number of carbonyl (C=O) groups is 1. The summed E-state index contributed by atoms with van der Waals surface area (Å²) in [6.45, 7) is 0.324. The van der Waals surface area contributed by atoms with Gasteiger partial charge >= 0.3 is 5.97 Å². The lowest BCUT2D eigenvalue weighted by Crippen LogP contribution is -2.04. The highest BCUT2D eigenvalue weighted by Gasteiger charge is 2.11. The molecule has 0 saturated carbocycles. The van der Waals surface area contributed by atoms with E-state index >= 15 is 0 Å². The largest absolute Gasteiger partial charge is 0.507 e. The van der Waals surface area contributed by atoms with Crippen LogP contribution in [0.4, 0.5) is 0 Å². The first kappa shape index (κ1) is 12.7. The maximum atomic E-state index is 11.1. The molecular weight excluding hydrogens is 206 g/mol. The Morgan fingerprint density at radius 2 is 2.21 bits per heavy atom. The number of benzene rings is 1. The first-order valence-electron chi connectivity index (χ1n) is 3.79. The van der Waals surface area contributed by atoms with Crippen LogP contribution in [0.3, 0.4) is 0 Å². The van der Waals surface area contributed by atoms with E-state index in [9.17, 15) is 9.90 Å². The van der Waals surface area contributed by atoms with E-state index in [0.29, 0.717) is 6.54 Å². The van der Waals surface area contributed by atoms with Crippen LogP contribution in [0.2, 0.25) is 0 Å². The molecule has 78 valence electrons. The Morgan fingerprint density at radius 1 is 1.57 bits per heavy atom. The average molecular weight is 218 g/mol. The number of aromatic hydroxyl groups is 1. The number of rotatable bonds is 2. The molecule has 0 heterocycles. The molecule has 1 aromatic carbocycles. The quantitative estimate of drug-likeness (QED) is 0.727. The lowest BCUT2D eigenvalue weighted by Gasteiger charge is -2.04. The topological polar surface area (TPSA) is 72.5 Å². The summed E-state index contributed by atoms with van der Waals surface area (Å²) in [7, 11) is 1.26. The van der Waals surface area contributed by atoms with Gasteiger partial charge in [0.25, 0.3) is 0 Å². The fourth-order valence-corrected chi connectivity index (χ4v) is 0.984. The lowest BCUT2D eigenvalue weighted by molar-refractivity contribution is 0.0597. The molecule has 0 amide bonds. The molecule has 0 atom stereocenters. The van der Waals surface area contributed by atoms with Crippen LogP contribution < -0.4 is 5.73 Å². The summed E-state index contributed by atoms with van der Waals surface area (Å²) in [6, 6.07) is 4.59. The summed E-state index contributed by atoms with van der Waals surface area (Å²) < 4.78 is 4.48. The zero-order valence-corrected chi connectivity index (χ0v) is 8.50. The van der Waals surface area contributed by atoms with Crippen molar-refractivity contribution in [2.75, 3.05) is 7.11 Å². The van der Waals surface area contributed by atoms with E-state index in [2.05, 4.69) is 4.74 Å². The molecule has 0 aliphatic carbocycles. The molecule has 3 N–H and O–H groups in total. The van der Waals surface area contributed by atoms with Crippen LogP contribution in [0.1, 0.15) is 15.9 Å². The van der Waals surface area contributed by atoms with E-state index in [-0.39, 0.29) is 23.7 Å². The van der Waals surface area contributed by atoms with E-state index in [1.165, 1.54) is 19.2 Å². The second-order valence-corrected chi connectivity index (χ2v) is 2.55. The Labute approximate surface area is 88.1 Å². The molecule has 4 nitrogen and oxygen atoms in total. The molecule has 1 rings (SSSR count). The van der Waals surface area contributed by atoms with Crippen LogP contribution in [0.15, 0.2) is 18.2 Å². The predicted molar refractivity (Wildman–Crippen MR) is 54.6 cm³/mol. The van der Waals surface area contributed by atoms with Crippen molar-refractivity contribution < 1.29 is 14.6 Å². The Hall–Kier alpha value is -1.26. The molecule has 0 aliphatic rings. The van der Waals surface area contributed by atoms with Crippen molar-refractivity contribution in [1.29, 1.82) is 0 Å². The van der Waals surface area contributed by atoms with E-state index in [1.807, 2.05) is 0 Å². The van der Waals surface area contributed by atoms with Gasteiger partial charge < -0.3 is 15.6 Å². The van der Waals surface area contributed by atoms with Gasteiger partial charge in [-0.05, 0) is 17.7 Å². The second-order valence-electron chi connectivity index (χ2n) is 2.55. The predicted octanol–water partition coefficient (Wildman–Crippen LogP) is 1.06. The molecule has 0 unspecified atom stereocenters. The van der Waals surface area contributed by atoms with Crippen LogP contribution >= 0.6 is 12.4 Å². The van der Waals surface area contributed by atoms with Gasteiger partial charge in [-0.3, -0.25) is 0 Å². The third-order valence-electron chi connectivity index (χ3n) is 1.70. The summed E-state index contributed by atoms with van der Waals surface area (Å²) in [4.78, 5) is 11.1. The fraction of sp³-hybridized carbons (Fsp3) is 0.222. The molecule has 0 fully saturated rings. The maximum Gasteiger partial charge on any atom is 0.341 e. The van der Waals surface area contributed by atoms with Crippen LogP contribution in [0.5, 0.6) is 5.75 Å². The second kappa shape index (κ2) is 5.47. The number of halogens is 1. The summed E-state index contributed by atoms with van der Waals surface area (Å²) >= 11 is 0. The van der Waals surface area contributed by atoms with Crippen molar-refractivity contribution in [2.45, 2.75) is 6.54 Å². The first-order chi connectivity index (χ1) is 6.19. The number of ether oxygens (including phenoxy) is 1. The zero-order valence-electron chi connectivity index (χ0n) is 7.69. The fourth-order valence-electron chi connectivity index (χ4n) is 0.984. The van der Waals surface area contributed by atoms with Gasteiger partial charge in [0.15, 0.2) is 0 Å². The van der Waals surface area contributed by atoms with Crippen molar-refractivity contribution in [3.05, 3.63) is 29.3 Å². The van der Waals surface area contributed by atoms with Crippen molar-refractivity contribution in [3.63, 3.8) is 0 Å². The monoisotopic (exact) mass is 217 g/mol. The molecule has 0 spiro atoms. The number of hydrogen-bond donors (Lipinski definition) is 2. The Balaban J connectivity index is 0.00000169. The number of carbonyl (C=O) groups excluding carboxylic acids is 1. The summed E-state index contributed by atoms with van der Waals surface area (Å²) in [5.41, 5.74) is 6.30. The van der Waals surface area contributed by atoms with Gasteiger partial charge in [0, 0.05) is 6.54 Å². The van der Waals surface area contributed by atoms with Crippen molar-refractivity contribution in [1.82, 2.24) is 0 Å². The number of phenolic OH excluding ortho intramolecular Hbond substituents is 1. The molecule has 5 heteroatoms. The summed E-state index contributed by atoms with van der Waals surface area (Å²) in [5, 5.41) is 9.29. The molecule has 14 heavy (non-hydrogen) atoms. The van der Waals surface area contributed by atoms with Crippen molar-refractivity contribution in [3.8, 4) is 5.75 Å². The van der Waals surface area contributed by atoms with Gasteiger partial charge in [-0.25, -0.2) is 4.79 Å². The minimum atomic E-state index is -0.562. The summed E-state index contributed by atoms with van der Waals surface area (Å²) in [6.07, 6.45) is 0. The minimum absolute atomic E-state index is 0. The van der Waals surface area contributed by atoms with E-state index < -0.39 is 5.97 Å². The molecule has 0 aromatic heterocycles. The SMILES string of the molecule is COC(=O)c1cc(CN)ccc1O.Cl. The normalized spacial score (nSPS) is 9.00. The van der Waals surface area contributed by atoms with E-state index in [4.69, 9.17) is 5.73 Å². The third-order valence-corrected chi connectivity index (χ3v) is 1.70. The van der Waals surface area contributed by atoms with Crippen molar-refractivity contribution in [2.24, 2.45) is 5.73 Å². The molecule has 0 radical (unpaired) electrons. The Morgan fingerprint density at radius 3 is 2.71 bits per heavy atom. The smallest absolute Gasteiger partial charge is 0.341 e. The number of esters is 1. The molecular formula is C9H12ClNO3. The number of nitrogens with two attached hydrogens (primary N) is 1. The van der Waals surface area contributed by atoms with Gasteiger partial charge in [0.1, 0.15) is 11.3 Å². The van der Waals surface area contributed by atoms with Gasteiger partial charge in [-0.1, -0.05) is 6.07 Å². The molecule has 0 saturated heterocycles. The number of hydrogen-bond acceptors (Lipinski definition) is 4. The van der Waals surface area contributed by atoms with Crippen LogP contribution in [-0.2, 0) is 11.3 Å². The van der Waals surface area contributed by atoms with Gasteiger partial charge in [0.2, 0.25) is 0 Å².